The molecule has 0 radical (unpaired) electrons. The Balaban J connectivity index is 1.74. The molecule has 0 amide bonds. The number of H-pyrrole nitrogens is 1. The van der Waals surface area contributed by atoms with Crippen molar-refractivity contribution in [2.24, 2.45) is 0 Å². The second kappa shape index (κ2) is 5.05. The third kappa shape index (κ3) is 2.11. The van der Waals surface area contributed by atoms with Crippen molar-refractivity contribution in [1.82, 2.24) is 19.7 Å². The van der Waals surface area contributed by atoms with E-state index in [1.54, 1.807) is 12.4 Å². The Morgan fingerprint density at radius 3 is 2.95 bits per heavy atom. The van der Waals surface area contributed by atoms with Gasteiger partial charge in [-0.05, 0) is 30.0 Å². The monoisotopic (exact) mass is 300 g/mol. The van der Waals surface area contributed by atoms with Gasteiger partial charge < -0.3 is 4.98 Å². The lowest BCUT2D eigenvalue weighted by atomic mass is 9.97. The van der Waals surface area contributed by atoms with E-state index >= 15 is 0 Å². The van der Waals surface area contributed by atoms with Crippen LogP contribution < -0.4 is 0 Å². The molecular weight excluding hydrogens is 286 g/mol. The third-order valence-electron chi connectivity index (χ3n) is 4.24. The van der Waals surface area contributed by atoms with Gasteiger partial charge in [-0.25, -0.2) is 13.8 Å². The van der Waals surface area contributed by atoms with Gasteiger partial charge in [-0.3, -0.25) is 4.68 Å². The first kappa shape index (κ1) is 13.2. The lowest BCUT2D eigenvalue weighted by Gasteiger charge is -2.12. The molecule has 0 unspecified atom stereocenters. The van der Waals surface area contributed by atoms with Gasteiger partial charge in [-0.15, -0.1) is 0 Å². The highest BCUT2D eigenvalue weighted by Crippen LogP contribution is 2.39. The van der Waals surface area contributed by atoms with Crippen LogP contribution in [0.5, 0.6) is 0 Å². The summed E-state index contributed by atoms with van der Waals surface area (Å²) in [5.74, 6) is 0.386. The number of aromatic amines is 1. The van der Waals surface area contributed by atoms with E-state index in [1.165, 1.54) is 16.9 Å². The number of hydrogen-bond donors (Lipinski definition) is 1. The minimum absolute atomic E-state index is 0.165. The summed E-state index contributed by atoms with van der Waals surface area (Å²) in [5.41, 5.74) is 2.69. The molecule has 1 atom stereocenters. The third-order valence-corrected chi connectivity index (χ3v) is 4.24. The minimum Gasteiger partial charge on any atom is -0.348 e. The van der Waals surface area contributed by atoms with Crippen molar-refractivity contribution >= 4 is 0 Å². The molecule has 0 bridgehead atoms. The summed E-state index contributed by atoms with van der Waals surface area (Å²) in [7, 11) is 0. The molecule has 1 aliphatic carbocycles. The average Bonchev–Trinajstić information content (AvgIpc) is 3.22. The van der Waals surface area contributed by atoms with Gasteiger partial charge in [0, 0.05) is 23.9 Å². The summed E-state index contributed by atoms with van der Waals surface area (Å²) < 4.78 is 28.7. The zero-order chi connectivity index (χ0) is 15.1. The van der Waals surface area contributed by atoms with E-state index in [0.29, 0.717) is 5.56 Å². The van der Waals surface area contributed by atoms with Crippen LogP contribution in [-0.2, 0) is 13.0 Å². The highest BCUT2D eigenvalue weighted by molar-refractivity contribution is 5.44. The van der Waals surface area contributed by atoms with Crippen molar-refractivity contribution in [2.45, 2.75) is 25.3 Å². The molecule has 112 valence electrons. The standard InChI is InChI=1S/C16H14F2N4/c17-10-7-21-22(8-10)9-14-12-1-2-13(16-19-5-6-20-16)11(12)3-4-15(14)18/h3-8,13H,1-2,9H2,(H,19,20)/t13-/m1/s1. The highest BCUT2D eigenvalue weighted by atomic mass is 19.1. The van der Waals surface area contributed by atoms with Crippen molar-refractivity contribution in [2.75, 3.05) is 0 Å². The average molecular weight is 300 g/mol. The Kier molecular flexibility index (Phi) is 3.03. The van der Waals surface area contributed by atoms with Crippen LogP contribution in [0.25, 0.3) is 0 Å². The summed E-state index contributed by atoms with van der Waals surface area (Å²) in [6.45, 7) is 0.240. The van der Waals surface area contributed by atoms with Gasteiger partial charge in [0.15, 0.2) is 5.82 Å². The van der Waals surface area contributed by atoms with Gasteiger partial charge in [-0.2, -0.15) is 5.10 Å². The summed E-state index contributed by atoms with van der Waals surface area (Å²) in [6.07, 6.45) is 7.61. The van der Waals surface area contributed by atoms with Gasteiger partial charge in [0.1, 0.15) is 11.6 Å². The zero-order valence-electron chi connectivity index (χ0n) is 11.8. The summed E-state index contributed by atoms with van der Waals surface area (Å²) in [6, 6.07) is 3.31. The van der Waals surface area contributed by atoms with Crippen LogP contribution in [0.3, 0.4) is 0 Å². The molecule has 22 heavy (non-hydrogen) atoms. The van der Waals surface area contributed by atoms with E-state index in [2.05, 4.69) is 15.1 Å². The maximum Gasteiger partial charge on any atom is 0.161 e. The summed E-state index contributed by atoms with van der Waals surface area (Å²) in [4.78, 5) is 7.46. The predicted octanol–water partition coefficient (Wildman–Crippen LogP) is 3.01. The van der Waals surface area contributed by atoms with Crippen LogP contribution >= 0.6 is 0 Å². The lowest BCUT2D eigenvalue weighted by molar-refractivity contribution is 0.577. The van der Waals surface area contributed by atoms with E-state index in [0.717, 1.165) is 36.0 Å². The number of halogens is 2. The van der Waals surface area contributed by atoms with Crippen LogP contribution in [-0.4, -0.2) is 19.7 Å². The van der Waals surface area contributed by atoms with E-state index in [9.17, 15) is 8.78 Å². The first-order chi connectivity index (χ1) is 10.7. The molecule has 1 aliphatic rings. The number of nitrogens with zero attached hydrogens (tertiary/aromatic N) is 3. The van der Waals surface area contributed by atoms with Crippen molar-refractivity contribution in [3.63, 3.8) is 0 Å². The van der Waals surface area contributed by atoms with Crippen molar-refractivity contribution in [3.05, 3.63) is 71.1 Å². The molecule has 0 aliphatic heterocycles. The van der Waals surface area contributed by atoms with Gasteiger partial charge >= 0.3 is 0 Å². The Morgan fingerprint density at radius 1 is 1.32 bits per heavy atom. The quantitative estimate of drug-likeness (QED) is 0.808. The Morgan fingerprint density at radius 2 is 2.23 bits per heavy atom. The molecule has 0 fully saturated rings. The van der Waals surface area contributed by atoms with Gasteiger partial charge in [-0.1, -0.05) is 6.07 Å². The maximum absolute atomic E-state index is 14.2. The molecule has 0 saturated carbocycles. The van der Waals surface area contributed by atoms with Crippen LogP contribution in [0, 0.1) is 11.6 Å². The Hall–Kier alpha value is -2.50. The molecule has 0 saturated heterocycles. The number of rotatable bonds is 3. The van der Waals surface area contributed by atoms with Crippen LogP contribution in [0.2, 0.25) is 0 Å². The SMILES string of the molecule is Fc1cnn(Cc2c(F)ccc3c2CC[C@H]3c2ncc[nH]2)c1. The van der Waals surface area contributed by atoms with Crippen LogP contribution in [0.4, 0.5) is 8.78 Å². The number of hydrogen-bond acceptors (Lipinski definition) is 2. The molecule has 4 nitrogen and oxygen atoms in total. The fourth-order valence-electron chi connectivity index (χ4n) is 3.26. The smallest absolute Gasteiger partial charge is 0.161 e. The van der Waals surface area contributed by atoms with Crippen molar-refractivity contribution in [1.29, 1.82) is 0 Å². The molecule has 2 heterocycles. The van der Waals surface area contributed by atoms with E-state index in [1.807, 2.05) is 6.07 Å². The fraction of sp³-hybridized carbons (Fsp3) is 0.250. The minimum atomic E-state index is -0.415. The van der Waals surface area contributed by atoms with Crippen LogP contribution in [0.15, 0.2) is 36.9 Å². The predicted molar refractivity (Wildman–Crippen MR) is 76.4 cm³/mol. The molecule has 4 rings (SSSR count). The zero-order valence-corrected chi connectivity index (χ0v) is 11.8. The largest absolute Gasteiger partial charge is 0.348 e. The first-order valence-corrected chi connectivity index (χ1v) is 7.20. The van der Waals surface area contributed by atoms with E-state index in [-0.39, 0.29) is 18.3 Å². The van der Waals surface area contributed by atoms with Crippen molar-refractivity contribution < 1.29 is 8.78 Å². The molecule has 1 aromatic carbocycles. The van der Waals surface area contributed by atoms with E-state index < -0.39 is 5.82 Å². The fourth-order valence-corrected chi connectivity index (χ4v) is 3.26. The molecule has 1 N–H and O–H groups in total. The van der Waals surface area contributed by atoms with Gasteiger partial charge in [0.25, 0.3) is 0 Å². The molecule has 2 aromatic heterocycles. The molecule has 3 aromatic rings. The summed E-state index contributed by atoms with van der Waals surface area (Å²) >= 11 is 0. The number of fused-ring (bicyclic) bond motifs is 1. The normalized spacial score (nSPS) is 16.9. The second-order valence-electron chi connectivity index (χ2n) is 5.52. The Bertz CT molecular complexity index is 808. The molecule has 0 spiro atoms. The first-order valence-electron chi connectivity index (χ1n) is 7.20. The Labute approximate surface area is 125 Å². The van der Waals surface area contributed by atoms with Gasteiger partial charge in [0.2, 0.25) is 0 Å². The van der Waals surface area contributed by atoms with E-state index in [4.69, 9.17) is 0 Å². The van der Waals surface area contributed by atoms with Gasteiger partial charge in [0.05, 0.1) is 18.9 Å². The molecule has 6 heteroatoms. The second-order valence-corrected chi connectivity index (χ2v) is 5.52. The van der Waals surface area contributed by atoms with Crippen molar-refractivity contribution in [3.8, 4) is 0 Å². The summed E-state index contributed by atoms with van der Waals surface area (Å²) in [5, 5.41) is 3.90. The maximum atomic E-state index is 14.2. The molecular formula is C16H14F2N4. The topological polar surface area (TPSA) is 46.5 Å². The number of benzene rings is 1. The number of aromatic nitrogens is 4. The highest BCUT2D eigenvalue weighted by Gasteiger charge is 2.29. The number of nitrogens with one attached hydrogen (secondary N) is 1. The van der Waals surface area contributed by atoms with Crippen LogP contribution in [0.1, 0.15) is 34.9 Å². The lowest BCUT2D eigenvalue weighted by Crippen LogP contribution is -2.07. The number of imidazole rings is 1.